The van der Waals surface area contributed by atoms with Crippen molar-refractivity contribution in [2.24, 2.45) is 0 Å². The molecule has 1 rings (SSSR count). The Balaban J connectivity index is 2.43. The molecule has 0 fully saturated rings. The fourth-order valence-corrected chi connectivity index (χ4v) is 2.27. The Morgan fingerprint density at radius 1 is 1.73 bits per heavy atom. The zero-order valence-corrected chi connectivity index (χ0v) is 7.91. The highest BCUT2D eigenvalue weighted by Crippen LogP contribution is 2.14. The standard InChI is InChI=1S/C7H10O2S2/c1-2-5-9-11(8)7-4-3-6-10-7/h3-4,6H,2,5H2,1H3/t11-/m1/s1. The van der Waals surface area contributed by atoms with Gasteiger partial charge >= 0.3 is 0 Å². The van der Waals surface area contributed by atoms with Gasteiger partial charge < -0.3 is 0 Å². The van der Waals surface area contributed by atoms with E-state index in [-0.39, 0.29) is 0 Å². The van der Waals surface area contributed by atoms with Gasteiger partial charge in [0.1, 0.15) is 4.21 Å². The average Bonchev–Trinajstić information content (AvgIpc) is 2.52. The van der Waals surface area contributed by atoms with E-state index in [0.717, 1.165) is 10.6 Å². The first-order valence-electron chi connectivity index (χ1n) is 3.43. The maximum absolute atomic E-state index is 11.2. The van der Waals surface area contributed by atoms with Crippen LogP contribution in [0, 0.1) is 0 Å². The topological polar surface area (TPSA) is 26.3 Å². The third kappa shape index (κ3) is 2.73. The van der Waals surface area contributed by atoms with Gasteiger partial charge in [-0.15, -0.1) is 11.3 Å². The molecule has 0 saturated heterocycles. The van der Waals surface area contributed by atoms with E-state index in [1.54, 1.807) is 0 Å². The van der Waals surface area contributed by atoms with E-state index in [0.29, 0.717) is 6.61 Å². The quantitative estimate of drug-likeness (QED) is 0.727. The lowest BCUT2D eigenvalue weighted by molar-refractivity contribution is 0.348. The molecule has 0 radical (unpaired) electrons. The molecule has 0 unspecified atom stereocenters. The molecule has 0 aliphatic carbocycles. The summed E-state index contributed by atoms with van der Waals surface area (Å²) < 4.78 is 17.0. The Labute approximate surface area is 72.9 Å². The van der Waals surface area contributed by atoms with Crippen molar-refractivity contribution in [3.05, 3.63) is 17.5 Å². The van der Waals surface area contributed by atoms with Gasteiger partial charge in [-0.1, -0.05) is 13.0 Å². The predicted octanol–water partition coefficient (Wildman–Crippen LogP) is 2.20. The van der Waals surface area contributed by atoms with E-state index < -0.39 is 11.1 Å². The lowest BCUT2D eigenvalue weighted by Crippen LogP contribution is -1.96. The summed E-state index contributed by atoms with van der Waals surface area (Å²) in [6.45, 7) is 2.55. The van der Waals surface area contributed by atoms with E-state index in [2.05, 4.69) is 0 Å². The van der Waals surface area contributed by atoms with Crippen LogP contribution in [-0.4, -0.2) is 10.8 Å². The zero-order valence-electron chi connectivity index (χ0n) is 6.28. The molecule has 0 amide bonds. The molecule has 0 bridgehead atoms. The van der Waals surface area contributed by atoms with Gasteiger partial charge in [0, 0.05) is 0 Å². The van der Waals surface area contributed by atoms with Gasteiger partial charge in [-0.05, 0) is 17.9 Å². The summed E-state index contributed by atoms with van der Waals surface area (Å²) in [7, 11) is 0. The van der Waals surface area contributed by atoms with Gasteiger partial charge in [-0.25, -0.2) is 4.21 Å². The van der Waals surface area contributed by atoms with Crippen molar-refractivity contribution in [2.75, 3.05) is 6.61 Å². The van der Waals surface area contributed by atoms with Gasteiger partial charge in [0.2, 0.25) is 0 Å². The lowest BCUT2D eigenvalue weighted by atomic mass is 10.5. The van der Waals surface area contributed by atoms with Gasteiger partial charge in [-0.3, -0.25) is 4.18 Å². The van der Waals surface area contributed by atoms with Crippen molar-refractivity contribution >= 4 is 22.4 Å². The van der Waals surface area contributed by atoms with Gasteiger partial charge in [0.05, 0.1) is 6.61 Å². The average molecular weight is 190 g/mol. The fourth-order valence-electron chi connectivity index (χ4n) is 0.575. The summed E-state index contributed by atoms with van der Waals surface area (Å²) in [6.07, 6.45) is 0.900. The SMILES string of the molecule is CCCO[S@@](=O)c1cccs1. The van der Waals surface area contributed by atoms with Crippen LogP contribution in [0.5, 0.6) is 0 Å². The van der Waals surface area contributed by atoms with Crippen LogP contribution in [0.25, 0.3) is 0 Å². The molecule has 2 nitrogen and oxygen atoms in total. The minimum absolute atomic E-state index is 0.560. The Hall–Kier alpha value is -0.190. The van der Waals surface area contributed by atoms with Crippen molar-refractivity contribution in [2.45, 2.75) is 17.6 Å². The molecule has 4 heteroatoms. The molecular weight excluding hydrogens is 180 g/mol. The lowest BCUT2D eigenvalue weighted by Gasteiger charge is -1.96. The molecule has 1 atom stereocenters. The third-order valence-electron chi connectivity index (χ3n) is 1.05. The minimum Gasteiger partial charge on any atom is -0.286 e. The summed E-state index contributed by atoms with van der Waals surface area (Å²) in [5, 5.41) is 1.89. The van der Waals surface area contributed by atoms with Crippen LogP contribution in [0.15, 0.2) is 21.7 Å². The molecule has 62 valence electrons. The van der Waals surface area contributed by atoms with Crippen LogP contribution in [0.4, 0.5) is 0 Å². The molecular formula is C7H10O2S2. The second-order valence-corrected chi connectivity index (χ2v) is 4.34. The van der Waals surface area contributed by atoms with Gasteiger partial charge in [0.15, 0.2) is 11.1 Å². The first-order chi connectivity index (χ1) is 5.34. The van der Waals surface area contributed by atoms with Crippen LogP contribution in [0.3, 0.4) is 0 Å². The Morgan fingerprint density at radius 3 is 3.09 bits per heavy atom. The number of thiophene rings is 1. The molecule has 0 aliphatic rings. The summed E-state index contributed by atoms with van der Waals surface area (Å²) in [4.78, 5) is 0. The van der Waals surface area contributed by atoms with Crippen molar-refractivity contribution in [1.29, 1.82) is 0 Å². The highest BCUT2D eigenvalue weighted by atomic mass is 32.2. The maximum atomic E-state index is 11.2. The van der Waals surface area contributed by atoms with E-state index in [1.807, 2.05) is 24.4 Å². The third-order valence-corrected chi connectivity index (χ3v) is 3.26. The zero-order chi connectivity index (χ0) is 8.10. The van der Waals surface area contributed by atoms with E-state index >= 15 is 0 Å². The highest BCUT2D eigenvalue weighted by molar-refractivity contribution is 7.82. The van der Waals surface area contributed by atoms with Crippen LogP contribution in [0.1, 0.15) is 13.3 Å². The minimum atomic E-state index is -1.23. The van der Waals surface area contributed by atoms with Crippen LogP contribution in [-0.2, 0) is 15.3 Å². The molecule has 0 aromatic carbocycles. The highest BCUT2D eigenvalue weighted by Gasteiger charge is 2.03. The Kier molecular flexibility index (Phi) is 3.76. The van der Waals surface area contributed by atoms with Crippen LogP contribution < -0.4 is 0 Å². The van der Waals surface area contributed by atoms with Crippen molar-refractivity contribution in [1.82, 2.24) is 0 Å². The number of hydrogen-bond acceptors (Lipinski definition) is 3. The number of hydrogen-bond donors (Lipinski definition) is 0. The van der Waals surface area contributed by atoms with E-state index in [1.165, 1.54) is 11.3 Å². The van der Waals surface area contributed by atoms with Crippen LogP contribution in [0.2, 0.25) is 0 Å². The maximum Gasteiger partial charge on any atom is 0.199 e. The Bertz CT molecular complexity index is 218. The normalized spacial score (nSPS) is 13.2. The summed E-state index contributed by atoms with van der Waals surface area (Å²) in [6, 6.07) is 3.68. The largest absolute Gasteiger partial charge is 0.286 e. The second-order valence-electron chi connectivity index (χ2n) is 1.99. The Morgan fingerprint density at radius 2 is 2.55 bits per heavy atom. The molecule has 0 saturated carbocycles. The van der Waals surface area contributed by atoms with Crippen molar-refractivity contribution < 1.29 is 8.39 Å². The first-order valence-corrected chi connectivity index (χ1v) is 5.38. The van der Waals surface area contributed by atoms with Gasteiger partial charge in [-0.2, -0.15) is 0 Å². The summed E-state index contributed by atoms with van der Waals surface area (Å²) in [5.74, 6) is 0. The molecule has 0 N–H and O–H groups in total. The van der Waals surface area contributed by atoms with Gasteiger partial charge in [0.25, 0.3) is 0 Å². The molecule has 0 spiro atoms. The molecule has 1 aromatic heterocycles. The second kappa shape index (κ2) is 4.64. The smallest absolute Gasteiger partial charge is 0.199 e. The number of rotatable bonds is 4. The summed E-state index contributed by atoms with van der Waals surface area (Å²) >= 11 is 0.223. The van der Waals surface area contributed by atoms with Crippen molar-refractivity contribution in [3.8, 4) is 0 Å². The van der Waals surface area contributed by atoms with Crippen LogP contribution >= 0.6 is 11.3 Å². The molecule has 1 aromatic rings. The summed E-state index contributed by atoms with van der Waals surface area (Å²) in [5.41, 5.74) is 0. The monoisotopic (exact) mass is 190 g/mol. The first kappa shape index (κ1) is 8.90. The van der Waals surface area contributed by atoms with Crippen molar-refractivity contribution in [3.63, 3.8) is 0 Å². The molecule has 0 aliphatic heterocycles. The fraction of sp³-hybridized carbons (Fsp3) is 0.429. The van der Waals surface area contributed by atoms with E-state index in [9.17, 15) is 4.21 Å². The van der Waals surface area contributed by atoms with E-state index in [4.69, 9.17) is 4.18 Å². The molecule has 11 heavy (non-hydrogen) atoms. The molecule has 1 heterocycles. The predicted molar refractivity (Wildman–Crippen MR) is 47.0 cm³/mol.